The number of rotatable bonds is 4. The maximum Gasteiger partial charge on any atom is 0.156 e. The maximum atomic E-state index is 6.10. The predicted octanol–water partition coefficient (Wildman–Crippen LogP) is 3.87. The highest BCUT2D eigenvalue weighted by Crippen LogP contribution is 2.38. The second kappa shape index (κ2) is 6.74. The van der Waals surface area contributed by atoms with Crippen molar-refractivity contribution in [1.29, 1.82) is 0 Å². The number of hydrogen-bond donors (Lipinski definition) is 0. The van der Waals surface area contributed by atoms with Crippen LogP contribution in [0.2, 0.25) is 10.0 Å². The Morgan fingerprint density at radius 2 is 2.05 bits per heavy atom. The standard InChI is InChI=1S/C16H21Cl2NO2/c17-13-3-1-4-14(18)15(13)21-10-8-19-7-6-16(11-19)5-2-9-20-12-16/h1,3-4H,2,5-12H2. The van der Waals surface area contributed by atoms with Gasteiger partial charge in [0.1, 0.15) is 6.61 Å². The van der Waals surface area contributed by atoms with Gasteiger partial charge in [0.2, 0.25) is 0 Å². The number of nitrogens with zero attached hydrogens (tertiary/aromatic N) is 1. The van der Waals surface area contributed by atoms with Crippen LogP contribution in [0, 0.1) is 5.41 Å². The SMILES string of the molecule is Clc1cccc(Cl)c1OCCN1CCC2(CCCOC2)C1. The minimum absolute atomic E-state index is 0.389. The topological polar surface area (TPSA) is 21.7 Å². The Balaban J connectivity index is 1.48. The first-order valence-corrected chi connectivity index (χ1v) is 8.31. The molecule has 0 aromatic heterocycles. The van der Waals surface area contributed by atoms with Crippen LogP contribution in [0.25, 0.3) is 0 Å². The van der Waals surface area contributed by atoms with Gasteiger partial charge >= 0.3 is 0 Å². The van der Waals surface area contributed by atoms with E-state index in [1.165, 1.54) is 19.3 Å². The van der Waals surface area contributed by atoms with E-state index in [0.29, 0.717) is 27.8 Å². The molecule has 0 radical (unpaired) electrons. The third-order valence-corrected chi connectivity index (χ3v) is 5.09. The normalized spacial score (nSPS) is 26.4. The lowest BCUT2D eigenvalue weighted by molar-refractivity contribution is -0.00256. The lowest BCUT2D eigenvalue weighted by Crippen LogP contribution is -2.36. The molecular formula is C16H21Cl2NO2. The molecule has 1 spiro atoms. The average Bonchev–Trinajstić information content (AvgIpc) is 2.86. The fourth-order valence-corrected chi connectivity index (χ4v) is 3.85. The molecule has 0 bridgehead atoms. The van der Waals surface area contributed by atoms with E-state index in [9.17, 15) is 0 Å². The summed E-state index contributed by atoms with van der Waals surface area (Å²) in [4.78, 5) is 2.46. The van der Waals surface area contributed by atoms with Crippen molar-refractivity contribution in [2.45, 2.75) is 19.3 Å². The molecule has 0 saturated carbocycles. The van der Waals surface area contributed by atoms with Crippen LogP contribution in [-0.4, -0.2) is 44.4 Å². The van der Waals surface area contributed by atoms with Crippen molar-refractivity contribution >= 4 is 23.2 Å². The molecule has 5 heteroatoms. The van der Waals surface area contributed by atoms with Gasteiger partial charge in [0.25, 0.3) is 0 Å². The van der Waals surface area contributed by atoms with Crippen molar-refractivity contribution in [3.8, 4) is 5.75 Å². The largest absolute Gasteiger partial charge is 0.489 e. The smallest absolute Gasteiger partial charge is 0.156 e. The van der Waals surface area contributed by atoms with E-state index < -0.39 is 0 Å². The summed E-state index contributed by atoms with van der Waals surface area (Å²) >= 11 is 12.2. The first-order valence-electron chi connectivity index (χ1n) is 7.56. The Morgan fingerprint density at radius 1 is 1.24 bits per heavy atom. The number of ether oxygens (including phenoxy) is 2. The van der Waals surface area contributed by atoms with Gasteiger partial charge in [0.05, 0.1) is 16.7 Å². The van der Waals surface area contributed by atoms with Crippen LogP contribution in [0.3, 0.4) is 0 Å². The zero-order chi connectivity index (χ0) is 14.7. The number of likely N-dealkylation sites (tertiary alicyclic amines) is 1. The molecule has 2 saturated heterocycles. The maximum absolute atomic E-state index is 6.10. The summed E-state index contributed by atoms with van der Waals surface area (Å²) in [5.41, 5.74) is 0.389. The van der Waals surface area contributed by atoms with Crippen molar-refractivity contribution in [1.82, 2.24) is 4.90 Å². The Labute approximate surface area is 136 Å². The van der Waals surface area contributed by atoms with Gasteiger partial charge in [-0.1, -0.05) is 29.3 Å². The zero-order valence-electron chi connectivity index (χ0n) is 12.1. The summed E-state index contributed by atoms with van der Waals surface area (Å²) in [7, 11) is 0. The molecule has 0 N–H and O–H groups in total. The zero-order valence-corrected chi connectivity index (χ0v) is 13.6. The van der Waals surface area contributed by atoms with Gasteiger partial charge in [0.15, 0.2) is 5.75 Å². The lowest BCUT2D eigenvalue weighted by Gasteiger charge is -2.33. The Bertz CT molecular complexity index is 469. The number of benzene rings is 1. The van der Waals surface area contributed by atoms with Gasteiger partial charge in [-0.05, 0) is 37.9 Å². The number of halogens is 2. The molecule has 0 amide bonds. The molecule has 1 aromatic carbocycles. The Kier molecular flexibility index (Phi) is 4.95. The van der Waals surface area contributed by atoms with Crippen molar-refractivity contribution in [3.63, 3.8) is 0 Å². The molecule has 1 atom stereocenters. The first kappa shape index (κ1) is 15.4. The summed E-state index contributed by atoms with van der Waals surface area (Å²) in [5, 5.41) is 1.14. The third-order valence-electron chi connectivity index (χ3n) is 4.49. The minimum Gasteiger partial charge on any atom is -0.489 e. The highest BCUT2D eigenvalue weighted by molar-refractivity contribution is 6.37. The molecule has 2 fully saturated rings. The molecule has 0 aliphatic carbocycles. The lowest BCUT2D eigenvalue weighted by atomic mass is 9.82. The van der Waals surface area contributed by atoms with Crippen LogP contribution in [0.4, 0.5) is 0 Å². The van der Waals surface area contributed by atoms with Gasteiger partial charge < -0.3 is 9.47 Å². The van der Waals surface area contributed by atoms with Crippen molar-refractivity contribution in [2.75, 3.05) is 39.5 Å². The van der Waals surface area contributed by atoms with E-state index in [1.54, 1.807) is 12.1 Å². The Hall–Kier alpha value is -0.480. The van der Waals surface area contributed by atoms with E-state index in [4.69, 9.17) is 32.7 Å². The van der Waals surface area contributed by atoms with Gasteiger partial charge in [-0.3, -0.25) is 4.90 Å². The van der Waals surface area contributed by atoms with E-state index in [-0.39, 0.29) is 0 Å². The quantitative estimate of drug-likeness (QED) is 0.836. The highest BCUT2D eigenvalue weighted by atomic mass is 35.5. The fourth-order valence-electron chi connectivity index (χ4n) is 3.35. The fraction of sp³-hybridized carbons (Fsp3) is 0.625. The molecule has 1 aromatic rings. The van der Waals surface area contributed by atoms with Crippen molar-refractivity contribution < 1.29 is 9.47 Å². The highest BCUT2D eigenvalue weighted by Gasteiger charge is 2.39. The summed E-state index contributed by atoms with van der Waals surface area (Å²) in [6, 6.07) is 5.42. The Morgan fingerprint density at radius 3 is 2.76 bits per heavy atom. The number of hydrogen-bond acceptors (Lipinski definition) is 3. The third kappa shape index (κ3) is 3.65. The molecule has 3 rings (SSSR count). The average molecular weight is 330 g/mol. The second-order valence-corrected chi connectivity index (χ2v) is 6.90. The van der Waals surface area contributed by atoms with Gasteiger partial charge in [0, 0.05) is 25.1 Å². The summed E-state index contributed by atoms with van der Waals surface area (Å²) in [6.45, 7) is 5.61. The van der Waals surface area contributed by atoms with E-state index in [0.717, 1.165) is 32.8 Å². The summed E-state index contributed by atoms with van der Waals surface area (Å²) in [5.74, 6) is 0.593. The molecule has 2 aliphatic rings. The van der Waals surface area contributed by atoms with Crippen LogP contribution in [-0.2, 0) is 4.74 Å². The minimum atomic E-state index is 0.389. The molecule has 116 valence electrons. The van der Waals surface area contributed by atoms with Crippen LogP contribution in [0.15, 0.2) is 18.2 Å². The van der Waals surface area contributed by atoms with Crippen molar-refractivity contribution in [2.24, 2.45) is 5.41 Å². The van der Waals surface area contributed by atoms with Crippen LogP contribution in [0.1, 0.15) is 19.3 Å². The summed E-state index contributed by atoms with van der Waals surface area (Å²) < 4.78 is 11.4. The molecule has 3 nitrogen and oxygen atoms in total. The van der Waals surface area contributed by atoms with E-state index in [1.807, 2.05) is 6.07 Å². The van der Waals surface area contributed by atoms with Crippen LogP contribution < -0.4 is 4.74 Å². The van der Waals surface area contributed by atoms with Crippen molar-refractivity contribution in [3.05, 3.63) is 28.2 Å². The molecular weight excluding hydrogens is 309 g/mol. The summed E-state index contributed by atoms with van der Waals surface area (Å²) in [6.07, 6.45) is 3.72. The molecule has 1 unspecified atom stereocenters. The molecule has 21 heavy (non-hydrogen) atoms. The van der Waals surface area contributed by atoms with Gasteiger partial charge in [-0.15, -0.1) is 0 Å². The van der Waals surface area contributed by atoms with E-state index in [2.05, 4.69) is 4.90 Å². The van der Waals surface area contributed by atoms with Crippen LogP contribution in [0.5, 0.6) is 5.75 Å². The van der Waals surface area contributed by atoms with Crippen LogP contribution >= 0.6 is 23.2 Å². The van der Waals surface area contributed by atoms with E-state index >= 15 is 0 Å². The second-order valence-electron chi connectivity index (χ2n) is 6.08. The number of para-hydroxylation sites is 1. The van der Waals surface area contributed by atoms with Gasteiger partial charge in [-0.25, -0.2) is 0 Å². The first-order chi connectivity index (χ1) is 10.2. The monoisotopic (exact) mass is 329 g/mol. The predicted molar refractivity (Wildman–Crippen MR) is 85.5 cm³/mol. The molecule has 2 heterocycles. The van der Waals surface area contributed by atoms with Gasteiger partial charge in [-0.2, -0.15) is 0 Å². The molecule has 2 aliphatic heterocycles.